The zero-order chi connectivity index (χ0) is 21.1. The van der Waals surface area contributed by atoms with Crippen LogP contribution in [0.25, 0.3) is 11.1 Å². The molecule has 6 nitrogen and oxygen atoms in total. The molecule has 4 rings (SSSR count). The number of aromatic nitrogens is 3. The molecule has 1 saturated heterocycles. The average molecular weight is 406 g/mol. The monoisotopic (exact) mass is 406 g/mol. The maximum atomic E-state index is 13.8. The van der Waals surface area contributed by atoms with Crippen molar-refractivity contribution in [3.63, 3.8) is 0 Å². The normalized spacial score (nSPS) is 16.0. The van der Waals surface area contributed by atoms with Gasteiger partial charge in [0.1, 0.15) is 5.82 Å². The van der Waals surface area contributed by atoms with Gasteiger partial charge in [0, 0.05) is 30.7 Å². The van der Waals surface area contributed by atoms with Crippen LogP contribution in [0.3, 0.4) is 0 Å². The predicted octanol–water partition coefficient (Wildman–Crippen LogP) is 4.04. The first kappa shape index (κ1) is 19.9. The van der Waals surface area contributed by atoms with Crippen LogP contribution in [0.1, 0.15) is 36.0 Å². The molecule has 3 aromatic rings. The van der Waals surface area contributed by atoms with Gasteiger partial charge in [0.15, 0.2) is 18.2 Å². The van der Waals surface area contributed by atoms with E-state index in [0.29, 0.717) is 12.4 Å². The summed E-state index contributed by atoms with van der Waals surface area (Å²) >= 11 is 0. The average Bonchev–Trinajstić information content (AvgIpc) is 3.23. The Hall–Kier alpha value is -3.35. The van der Waals surface area contributed by atoms with E-state index in [9.17, 15) is 9.18 Å². The summed E-state index contributed by atoms with van der Waals surface area (Å²) in [5, 5.41) is 0. The maximum absolute atomic E-state index is 13.8. The van der Waals surface area contributed by atoms with E-state index in [-0.39, 0.29) is 24.3 Å². The summed E-state index contributed by atoms with van der Waals surface area (Å²) in [4.78, 5) is 28.0. The van der Waals surface area contributed by atoms with Gasteiger partial charge < -0.3 is 9.64 Å². The Kier molecular flexibility index (Phi) is 5.70. The van der Waals surface area contributed by atoms with E-state index < -0.39 is 5.82 Å². The fourth-order valence-corrected chi connectivity index (χ4v) is 3.86. The number of benzene rings is 1. The molecule has 0 N–H and O–H groups in total. The van der Waals surface area contributed by atoms with E-state index in [1.54, 1.807) is 29.4 Å². The summed E-state index contributed by atoms with van der Waals surface area (Å²) in [6.07, 6.45) is 7.04. The van der Waals surface area contributed by atoms with Gasteiger partial charge in [0.25, 0.3) is 5.91 Å². The SMILES string of the molecule is Cc1ncc(-c2ccncc2C)c(C2CCCN2C(=O)COc2ccccc2F)n1. The minimum absolute atomic E-state index is 0.0765. The minimum atomic E-state index is -0.481. The summed E-state index contributed by atoms with van der Waals surface area (Å²) in [5.41, 5.74) is 3.75. The molecule has 1 fully saturated rings. The minimum Gasteiger partial charge on any atom is -0.481 e. The number of amides is 1. The Balaban J connectivity index is 1.61. The van der Waals surface area contributed by atoms with Crippen molar-refractivity contribution in [2.45, 2.75) is 32.7 Å². The molecule has 0 radical (unpaired) electrons. The number of para-hydroxylation sites is 1. The maximum Gasteiger partial charge on any atom is 0.261 e. The quantitative estimate of drug-likeness (QED) is 0.640. The Morgan fingerprint density at radius 1 is 1.20 bits per heavy atom. The molecule has 1 atom stereocenters. The Morgan fingerprint density at radius 2 is 2.03 bits per heavy atom. The van der Waals surface area contributed by atoms with E-state index >= 15 is 0 Å². The first-order valence-electron chi connectivity index (χ1n) is 9.96. The predicted molar refractivity (Wildman–Crippen MR) is 110 cm³/mol. The zero-order valence-electron chi connectivity index (χ0n) is 17.0. The number of carbonyl (C=O) groups excluding carboxylic acids is 1. The highest BCUT2D eigenvalue weighted by atomic mass is 19.1. The molecule has 1 aromatic carbocycles. The molecule has 1 amide bonds. The van der Waals surface area contributed by atoms with Crippen LogP contribution in [0.4, 0.5) is 4.39 Å². The number of carbonyl (C=O) groups is 1. The smallest absolute Gasteiger partial charge is 0.261 e. The molecular weight excluding hydrogens is 383 g/mol. The lowest BCUT2D eigenvalue weighted by Gasteiger charge is -2.26. The molecule has 1 unspecified atom stereocenters. The molecule has 0 aliphatic carbocycles. The first-order valence-corrected chi connectivity index (χ1v) is 9.96. The lowest BCUT2D eigenvalue weighted by molar-refractivity contribution is -0.134. The van der Waals surface area contributed by atoms with Gasteiger partial charge in [0.2, 0.25) is 0 Å². The number of rotatable bonds is 5. The third kappa shape index (κ3) is 4.01. The summed E-state index contributed by atoms with van der Waals surface area (Å²) in [6.45, 7) is 4.23. The fourth-order valence-electron chi connectivity index (χ4n) is 3.86. The van der Waals surface area contributed by atoms with E-state index in [2.05, 4.69) is 9.97 Å². The van der Waals surface area contributed by atoms with Crippen LogP contribution in [0.2, 0.25) is 0 Å². The number of pyridine rings is 1. The molecule has 154 valence electrons. The van der Waals surface area contributed by atoms with Crippen LogP contribution in [-0.4, -0.2) is 38.9 Å². The molecule has 0 spiro atoms. The zero-order valence-corrected chi connectivity index (χ0v) is 17.0. The largest absolute Gasteiger partial charge is 0.481 e. The standard InChI is InChI=1S/C23H23FN4O2/c1-15-12-25-10-9-17(15)18-13-26-16(2)27-23(18)20-7-5-11-28(20)22(29)14-30-21-8-4-3-6-19(21)24/h3-4,6,8-10,12-13,20H,5,7,11,14H2,1-2H3. The van der Waals surface area contributed by atoms with Gasteiger partial charge in [-0.2, -0.15) is 0 Å². The van der Waals surface area contributed by atoms with Gasteiger partial charge in [-0.05, 0) is 56.0 Å². The van der Waals surface area contributed by atoms with Crippen molar-refractivity contribution in [3.8, 4) is 16.9 Å². The van der Waals surface area contributed by atoms with E-state index in [1.165, 1.54) is 12.1 Å². The molecule has 1 aliphatic rings. The number of ether oxygens (including phenoxy) is 1. The van der Waals surface area contributed by atoms with Crippen LogP contribution in [-0.2, 0) is 4.79 Å². The molecule has 7 heteroatoms. The summed E-state index contributed by atoms with van der Waals surface area (Å²) in [6, 6.07) is 7.85. The third-order valence-corrected chi connectivity index (χ3v) is 5.33. The van der Waals surface area contributed by atoms with Crippen molar-refractivity contribution in [1.82, 2.24) is 19.9 Å². The highest BCUT2D eigenvalue weighted by molar-refractivity contribution is 5.79. The van der Waals surface area contributed by atoms with Gasteiger partial charge in [-0.25, -0.2) is 14.4 Å². The van der Waals surface area contributed by atoms with Gasteiger partial charge >= 0.3 is 0 Å². The summed E-state index contributed by atoms with van der Waals surface area (Å²) < 4.78 is 19.3. The van der Waals surface area contributed by atoms with Crippen LogP contribution in [0, 0.1) is 19.7 Å². The van der Waals surface area contributed by atoms with Crippen LogP contribution >= 0.6 is 0 Å². The van der Waals surface area contributed by atoms with Crippen molar-refractivity contribution < 1.29 is 13.9 Å². The van der Waals surface area contributed by atoms with E-state index in [1.807, 2.05) is 26.1 Å². The van der Waals surface area contributed by atoms with Crippen molar-refractivity contribution >= 4 is 5.91 Å². The topological polar surface area (TPSA) is 68.2 Å². The Labute approximate surface area is 174 Å². The molecule has 2 aromatic heterocycles. The Bertz CT molecular complexity index is 1070. The first-order chi connectivity index (χ1) is 14.5. The number of halogens is 1. The van der Waals surface area contributed by atoms with Gasteiger partial charge in [-0.15, -0.1) is 0 Å². The van der Waals surface area contributed by atoms with Crippen LogP contribution in [0.5, 0.6) is 5.75 Å². The second-order valence-electron chi connectivity index (χ2n) is 7.37. The van der Waals surface area contributed by atoms with Crippen molar-refractivity contribution in [2.75, 3.05) is 13.2 Å². The molecule has 0 bridgehead atoms. The number of nitrogens with zero attached hydrogens (tertiary/aromatic N) is 4. The van der Waals surface area contributed by atoms with Crippen molar-refractivity contribution in [1.29, 1.82) is 0 Å². The third-order valence-electron chi connectivity index (χ3n) is 5.33. The fraction of sp³-hybridized carbons (Fsp3) is 0.304. The molecule has 1 aliphatic heterocycles. The molecule has 3 heterocycles. The second-order valence-corrected chi connectivity index (χ2v) is 7.37. The van der Waals surface area contributed by atoms with Crippen LogP contribution in [0.15, 0.2) is 48.9 Å². The number of hydrogen-bond acceptors (Lipinski definition) is 5. The van der Waals surface area contributed by atoms with Gasteiger partial charge in [0.05, 0.1) is 11.7 Å². The number of hydrogen-bond donors (Lipinski definition) is 0. The summed E-state index contributed by atoms with van der Waals surface area (Å²) in [7, 11) is 0. The van der Waals surface area contributed by atoms with E-state index in [0.717, 1.165) is 35.2 Å². The van der Waals surface area contributed by atoms with E-state index in [4.69, 9.17) is 9.72 Å². The molecule has 0 saturated carbocycles. The summed E-state index contributed by atoms with van der Waals surface area (Å²) in [5.74, 6) is 0.0644. The van der Waals surface area contributed by atoms with Gasteiger partial charge in [-0.1, -0.05) is 12.1 Å². The number of aryl methyl sites for hydroxylation is 2. The molecular formula is C23H23FN4O2. The lowest BCUT2D eigenvalue weighted by atomic mass is 9.97. The molecule has 30 heavy (non-hydrogen) atoms. The Morgan fingerprint density at radius 3 is 2.83 bits per heavy atom. The second kappa shape index (κ2) is 8.57. The van der Waals surface area contributed by atoms with Crippen LogP contribution < -0.4 is 4.74 Å². The van der Waals surface area contributed by atoms with Crippen molar-refractivity contribution in [3.05, 3.63) is 71.8 Å². The number of likely N-dealkylation sites (tertiary alicyclic amines) is 1. The lowest BCUT2D eigenvalue weighted by Crippen LogP contribution is -2.35. The van der Waals surface area contributed by atoms with Gasteiger partial charge in [-0.3, -0.25) is 9.78 Å². The van der Waals surface area contributed by atoms with Crippen molar-refractivity contribution in [2.24, 2.45) is 0 Å². The highest BCUT2D eigenvalue weighted by Gasteiger charge is 2.33. The highest BCUT2D eigenvalue weighted by Crippen LogP contribution is 2.37.